The molecule has 9 heteroatoms. The number of halogens is 6. The Morgan fingerprint density at radius 1 is 1.00 bits per heavy atom. The second-order valence-corrected chi connectivity index (χ2v) is 8.73. The van der Waals surface area contributed by atoms with Gasteiger partial charge in [-0.25, -0.2) is 0 Å². The molecule has 1 aromatic carbocycles. The summed E-state index contributed by atoms with van der Waals surface area (Å²) >= 11 is -1.67. The van der Waals surface area contributed by atoms with E-state index in [0.717, 1.165) is 0 Å². The number of nitrogens with zero attached hydrogens (tertiary/aromatic N) is 1. The molecule has 0 heterocycles. The van der Waals surface area contributed by atoms with Gasteiger partial charge in [-0.2, -0.15) is 26.3 Å². The van der Waals surface area contributed by atoms with Crippen molar-refractivity contribution in [3.05, 3.63) is 47.5 Å². The van der Waals surface area contributed by atoms with E-state index in [1.807, 2.05) is 0 Å². The van der Waals surface area contributed by atoms with Crippen LogP contribution in [0.3, 0.4) is 0 Å². The number of hydrogen-bond acceptors (Lipinski definition) is 2. The number of hydrogen-bond donors (Lipinski definition) is 0. The molecule has 1 rings (SSSR count). The molecule has 0 bridgehead atoms. The van der Waals surface area contributed by atoms with Crippen LogP contribution < -0.4 is 0 Å². The Morgan fingerprint density at radius 2 is 1.40 bits per heavy atom. The zero-order valence-electron chi connectivity index (χ0n) is 14.1. The molecule has 25 heavy (non-hydrogen) atoms. The Hall–Kier alpha value is -1.19. The largest absolute Gasteiger partial charge is 0.597 e. The summed E-state index contributed by atoms with van der Waals surface area (Å²) in [6.45, 7) is 8.41. The smallest absolute Gasteiger partial charge is 0.416 e. The first-order chi connectivity index (χ1) is 11.1. The van der Waals surface area contributed by atoms with E-state index in [2.05, 4.69) is 6.58 Å². The maximum atomic E-state index is 13.0. The van der Waals surface area contributed by atoms with Crippen molar-refractivity contribution in [2.75, 3.05) is 7.05 Å². The van der Waals surface area contributed by atoms with Gasteiger partial charge in [0.25, 0.3) is 0 Å². The van der Waals surface area contributed by atoms with Crippen molar-refractivity contribution in [3.8, 4) is 0 Å². The molecular formula is C16H19F6NOS. The van der Waals surface area contributed by atoms with Gasteiger partial charge >= 0.3 is 12.4 Å². The highest BCUT2D eigenvalue weighted by atomic mass is 32.2. The summed E-state index contributed by atoms with van der Waals surface area (Å²) in [6, 6.07) is 0.226. The van der Waals surface area contributed by atoms with Crippen LogP contribution in [0.4, 0.5) is 26.3 Å². The van der Waals surface area contributed by atoms with Crippen LogP contribution in [0.25, 0.3) is 0 Å². The Kier molecular flexibility index (Phi) is 6.30. The number of benzene rings is 1. The summed E-state index contributed by atoms with van der Waals surface area (Å²) in [5.41, 5.74) is -3.12. The highest BCUT2D eigenvalue weighted by Gasteiger charge is 2.39. The van der Waals surface area contributed by atoms with Crippen LogP contribution in [0.2, 0.25) is 0 Å². The molecular weight excluding hydrogens is 368 g/mol. The van der Waals surface area contributed by atoms with Gasteiger partial charge in [-0.3, -0.25) is 0 Å². The van der Waals surface area contributed by atoms with Crippen molar-refractivity contribution in [2.45, 2.75) is 43.9 Å². The van der Waals surface area contributed by atoms with Crippen LogP contribution in [-0.4, -0.2) is 20.7 Å². The number of alkyl halides is 6. The minimum atomic E-state index is -4.94. The van der Waals surface area contributed by atoms with Crippen LogP contribution in [0.1, 0.15) is 43.5 Å². The van der Waals surface area contributed by atoms with E-state index in [4.69, 9.17) is 0 Å². The molecule has 0 radical (unpaired) electrons. The van der Waals surface area contributed by atoms with Crippen LogP contribution in [-0.2, 0) is 23.7 Å². The minimum absolute atomic E-state index is 0.0599. The summed E-state index contributed by atoms with van der Waals surface area (Å²) in [5, 5.41) is 0. The van der Waals surface area contributed by atoms with E-state index in [9.17, 15) is 30.9 Å². The molecule has 0 saturated carbocycles. The third-order valence-corrected chi connectivity index (χ3v) is 5.15. The highest BCUT2D eigenvalue weighted by Crippen LogP contribution is 2.39. The van der Waals surface area contributed by atoms with Gasteiger partial charge in [0.1, 0.15) is 4.75 Å². The average Bonchev–Trinajstić information content (AvgIpc) is 2.44. The Balaban J connectivity index is 3.49. The van der Waals surface area contributed by atoms with Crippen LogP contribution in [0, 0.1) is 0 Å². The number of likely N-dealkylation sites (N-methyl/N-ethyl adjacent to an activating group) is 1. The summed E-state index contributed by atoms with van der Waals surface area (Å²) in [4.78, 5) is 0. The van der Waals surface area contributed by atoms with E-state index in [0.29, 0.717) is 12.1 Å². The lowest BCUT2D eigenvalue weighted by Crippen LogP contribution is -2.42. The molecule has 0 aliphatic heterocycles. The Labute approximate surface area is 145 Å². The second-order valence-electron chi connectivity index (χ2n) is 6.43. The monoisotopic (exact) mass is 387 g/mol. The molecule has 0 aliphatic rings. The van der Waals surface area contributed by atoms with Crippen molar-refractivity contribution in [1.29, 1.82) is 0 Å². The Bertz CT molecular complexity index is 588. The van der Waals surface area contributed by atoms with Crippen molar-refractivity contribution >= 4 is 11.4 Å². The molecule has 142 valence electrons. The molecule has 0 spiro atoms. The van der Waals surface area contributed by atoms with Crippen LogP contribution in [0.15, 0.2) is 30.9 Å². The summed E-state index contributed by atoms with van der Waals surface area (Å²) in [5.74, 6) is 0. The van der Waals surface area contributed by atoms with E-state index in [1.165, 1.54) is 17.4 Å². The van der Waals surface area contributed by atoms with Gasteiger partial charge < -0.3 is 4.55 Å². The molecule has 1 aromatic rings. The Morgan fingerprint density at radius 3 is 1.68 bits per heavy atom. The molecule has 2 nitrogen and oxygen atoms in total. The molecule has 0 unspecified atom stereocenters. The first-order valence-electron chi connectivity index (χ1n) is 7.15. The lowest BCUT2D eigenvalue weighted by Gasteiger charge is -2.34. The lowest BCUT2D eigenvalue weighted by molar-refractivity contribution is -0.143. The van der Waals surface area contributed by atoms with Gasteiger partial charge in [0.2, 0.25) is 0 Å². The summed E-state index contributed by atoms with van der Waals surface area (Å²) < 4.78 is 90.8. The van der Waals surface area contributed by atoms with Crippen molar-refractivity contribution in [2.24, 2.45) is 0 Å². The van der Waals surface area contributed by atoms with E-state index >= 15 is 0 Å². The lowest BCUT2D eigenvalue weighted by atomic mass is 9.99. The predicted molar refractivity (Wildman–Crippen MR) is 85.0 cm³/mol. The zero-order chi connectivity index (χ0) is 19.8. The fourth-order valence-electron chi connectivity index (χ4n) is 2.18. The SMILES string of the molecule is C=C[C@H](c1cc(C(F)(F)F)cc(C(F)(F)F)c1)N(C)[S@@+]([O-])C(C)(C)C. The van der Waals surface area contributed by atoms with E-state index in [1.54, 1.807) is 20.8 Å². The van der Waals surface area contributed by atoms with Crippen molar-refractivity contribution < 1.29 is 30.9 Å². The van der Waals surface area contributed by atoms with Gasteiger partial charge in [-0.15, -0.1) is 10.9 Å². The third-order valence-electron chi connectivity index (χ3n) is 3.35. The first-order valence-corrected chi connectivity index (χ1v) is 8.26. The highest BCUT2D eigenvalue weighted by molar-refractivity contribution is 7.90. The first kappa shape index (κ1) is 21.9. The van der Waals surface area contributed by atoms with Crippen molar-refractivity contribution in [1.82, 2.24) is 4.31 Å². The van der Waals surface area contributed by atoms with Gasteiger partial charge in [-0.1, -0.05) is 6.08 Å². The summed E-state index contributed by atoms with van der Waals surface area (Å²) in [6.07, 6.45) is -8.72. The van der Waals surface area contributed by atoms with Crippen LogP contribution in [0.5, 0.6) is 0 Å². The molecule has 0 amide bonds. The van der Waals surface area contributed by atoms with Crippen molar-refractivity contribution in [3.63, 3.8) is 0 Å². The van der Waals surface area contributed by atoms with E-state index < -0.39 is 45.6 Å². The predicted octanol–water partition coefficient (Wildman–Crippen LogP) is 5.35. The molecule has 0 aromatic heterocycles. The molecule has 0 N–H and O–H groups in total. The normalized spacial score (nSPS) is 16.0. The topological polar surface area (TPSA) is 26.3 Å². The zero-order valence-corrected chi connectivity index (χ0v) is 14.9. The summed E-state index contributed by atoms with van der Waals surface area (Å²) in [7, 11) is 1.36. The standard InChI is InChI=1S/C16H19F6NOS/c1-6-13(23(5)25(24)14(2,3)4)10-7-11(15(17,18)19)9-12(8-10)16(20,21)22/h6-9,13H,1H2,2-5H3/t13-,25+/m1/s1. The minimum Gasteiger partial charge on any atom is -0.597 e. The fraction of sp³-hybridized carbons (Fsp3) is 0.500. The number of rotatable bonds is 4. The van der Waals surface area contributed by atoms with Gasteiger partial charge in [0.15, 0.2) is 0 Å². The molecule has 0 saturated heterocycles. The maximum absolute atomic E-state index is 13.0. The second kappa shape index (κ2) is 7.20. The fourth-order valence-corrected chi connectivity index (χ4v) is 3.46. The maximum Gasteiger partial charge on any atom is 0.416 e. The molecule has 0 aliphatic carbocycles. The molecule has 2 atom stereocenters. The average molecular weight is 387 g/mol. The third kappa shape index (κ3) is 5.39. The quantitative estimate of drug-likeness (QED) is 0.396. The van der Waals surface area contributed by atoms with Crippen LogP contribution >= 0.6 is 0 Å². The van der Waals surface area contributed by atoms with Gasteiger partial charge in [0, 0.05) is 18.4 Å². The van der Waals surface area contributed by atoms with Gasteiger partial charge in [0.05, 0.1) is 17.2 Å². The van der Waals surface area contributed by atoms with Gasteiger partial charge in [-0.05, 0) is 44.5 Å². The molecule has 0 fully saturated rings. The van der Waals surface area contributed by atoms with E-state index in [-0.39, 0.29) is 11.6 Å².